The lowest BCUT2D eigenvalue weighted by Crippen LogP contribution is -2.36. The average molecular weight is 352 g/mol. The fourth-order valence-electron chi connectivity index (χ4n) is 3.52. The largest absolute Gasteiger partial charge is 0.508 e. The molecule has 0 radical (unpaired) electrons. The molecule has 6 nitrogen and oxygen atoms in total. The second-order valence-corrected chi connectivity index (χ2v) is 6.72. The van der Waals surface area contributed by atoms with Crippen molar-refractivity contribution in [2.45, 2.75) is 19.3 Å². The molecule has 1 aliphatic rings. The first-order valence-electron chi connectivity index (χ1n) is 8.82. The summed E-state index contributed by atoms with van der Waals surface area (Å²) in [6.07, 6.45) is 3.49. The van der Waals surface area contributed by atoms with Crippen molar-refractivity contribution in [3.8, 4) is 5.75 Å². The third-order valence-corrected chi connectivity index (χ3v) is 4.80. The number of amides is 1. The zero-order valence-corrected chi connectivity index (χ0v) is 14.3. The van der Waals surface area contributed by atoms with Crippen LogP contribution in [0.3, 0.4) is 0 Å². The maximum Gasteiger partial charge on any atom is 0.344 e. The highest BCUT2D eigenvalue weighted by atomic mass is 16.4. The van der Waals surface area contributed by atoms with Gasteiger partial charge in [0.15, 0.2) is 0 Å². The molecule has 0 saturated carbocycles. The first-order valence-corrected chi connectivity index (χ1v) is 8.82. The Morgan fingerprint density at radius 3 is 2.62 bits per heavy atom. The number of hydrogen-bond acceptors (Lipinski definition) is 5. The second-order valence-electron chi connectivity index (χ2n) is 6.72. The molecule has 1 aliphatic heterocycles. The molecule has 6 heteroatoms. The van der Waals surface area contributed by atoms with Gasteiger partial charge in [-0.25, -0.2) is 4.79 Å². The highest BCUT2D eigenvalue weighted by Gasteiger charge is 2.15. The summed E-state index contributed by atoms with van der Waals surface area (Å²) in [6, 6.07) is 9.90. The van der Waals surface area contributed by atoms with Crippen LogP contribution in [0, 0.1) is 0 Å². The van der Waals surface area contributed by atoms with Crippen LogP contribution in [0.15, 0.2) is 45.6 Å². The number of nitrogens with one attached hydrogen (secondary N) is 1. The van der Waals surface area contributed by atoms with Gasteiger partial charge in [0.2, 0.25) is 5.91 Å². The summed E-state index contributed by atoms with van der Waals surface area (Å²) in [5.74, 6) is -0.0389. The summed E-state index contributed by atoms with van der Waals surface area (Å²) in [7, 11) is 0. The number of nitrogens with zero attached hydrogens (tertiary/aromatic N) is 1. The normalized spacial score (nSPS) is 15.4. The van der Waals surface area contributed by atoms with Crippen LogP contribution < -0.4 is 10.9 Å². The maximum atomic E-state index is 12.3. The van der Waals surface area contributed by atoms with Crippen molar-refractivity contribution < 1.29 is 14.3 Å². The standard InChI is InChI=1S/C20H20N2O4/c23-14-5-7-16-15-6-4-13(10-17(15)20(25)26-18(16)11-14)21-19(24)12-22-8-2-1-3-9-22/h4-7,10-11,23H,1-3,8-9,12H2,(H,21,24). The van der Waals surface area contributed by atoms with E-state index in [0.717, 1.165) is 36.7 Å². The minimum absolute atomic E-state index is 0.0431. The number of aromatic hydroxyl groups is 1. The molecule has 0 bridgehead atoms. The average Bonchev–Trinajstić information content (AvgIpc) is 2.62. The van der Waals surface area contributed by atoms with E-state index in [1.54, 1.807) is 30.3 Å². The lowest BCUT2D eigenvalue weighted by molar-refractivity contribution is -0.117. The zero-order valence-electron chi connectivity index (χ0n) is 14.3. The molecule has 1 amide bonds. The van der Waals surface area contributed by atoms with Crippen molar-refractivity contribution in [1.82, 2.24) is 4.90 Å². The first-order chi connectivity index (χ1) is 12.6. The summed E-state index contributed by atoms with van der Waals surface area (Å²) in [5, 5.41) is 14.3. The van der Waals surface area contributed by atoms with Crippen LogP contribution in [0.5, 0.6) is 5.75 Å². The molecule has 2 aromatic carbocycles. The van der Waals surface area contributed by atoms with Crippen LogP contribution in [0.4, 0.5) is 5.69 Å². The van der Waals surface area contributed by atoms with Crippen LogP contribution in [0.25, 0.3) is 21.7 Å². The summed E-state index contributed by atoms with van der Waals surface area (Å²) in [5.41, 5.74) is 0.416. The van der Waals surface area contributed by atoms with Gasteiger partial charge in [-0.1, -0.05) is 12.5 Å². The fourth-order valence-corrected chi connectivity index (χ4v) is 3.52. The highest BCUT2D eigenvalue weighted by Crippen LogP contribution is 2.27. The maximum absolute atomic E-state index is 12.3. The van der Waals surface area contributed by atoms with Crippen LogP contribution >= 0.6 is 0 Å². The van der Waals surface area contributed by atoms with E-state index < -0.39 is 5.63 Å². The third kappa shape index (κ3) is 3.28. The Morgan fingerprint density at radius 1 is 1.04 bits per heavy atom. The smallest absolute Gasteiger partial charge is 0.344 e. The molecule has 26 heavy (non-hydrogen) atoms. The lowest BCUT2D eigenvalue weighted by atomic mass is 10.1. The number of phenols is 1. The zero-order chi connectivity index (χ0) is 18.1. The number of anilines is 1. The van der Waals surface area contributed by atoms with Crippen LogP contribution in [-0.4, -0.2) is 35.5 Å². The van der Waals surface area contributed by atoms with Crippen molar-refractivity contribution >= 4 is 33.3 Å². The van der Waals surface area contributed by atoms with E-state index in [0.29, 0.717) is 23.2 Å². The number of rotatable bonds is 3. The van der Waals surface area contributed by atoms with E-state index in [-0.39, 0.29) is 11.7 Å². The number of carbonyl (C=O) groups excluding carboxylic acids is 1. The first kappa shape index (κ1) is 16.6. The molecule has 2 heterocycles. The van der Waals surface area contributed by atoms with Crippen molar-refractivity contribution in [3.63, 3.8) is 0 Å². The van der Waals surface area contributed by atoms with Crippen LogP contribution in [-0.2, 0) is 4.79 Å². The molecule has 2 N–H and O–H groups in total. The number of likely N-dealkylation sites (tertiary alicyclic amines) is 1. The van der Waals surface area contributed by atoms with E-state index in [9.17, 15) is 14.7 Å². The second kappa shape index (κ2) is 6.80. The Morgan fingerprint density at radius 2 is 1.81 bits per heavy atom. The van der Waals surface area contributed by atoms with E-state index in [2.05, 4.69) is 10.2 Å². The van der Waals surface area contributed by atoms with Gasteiger partial charge in [-0.2, -0.15) is 0 Å². The van der Waals surface area contributed by atoms with Crippen LogP contribution in [0.2, 0.25) is 0 Å². The van der Waals surface area contributed by atoms with Gasteiger partial charge >= 0.3 is 5.63 Å². The molecule has 0 spiro atoms. The Kier molecular flexibility index (Phi) is 4.34. The number of piperidine rings is 1. The van der Waals surface area contributed by atoms with Gasteiger partial charge in [0, 0.05) is 22.5 Å². The van der Waals surface area contributed by atoms with E-state index in [4.69, 9.17) is 4.42 Å². The van der Waals surface area contributed by atoms with Gasteiger partial charge in [-0.05, 0) is 50.2 Å². The molecule has 0 unspecified atom stereocenters. The van der Waals surface area contributed by atoms with Gasteiger partial charge in [0.1, 0.15) is 11.3 Å². The molecular weight excluding hydrogens is 332 g/mol. The SMILES string of the molecule is O=C(CN1CCCCC1)Nc1ccc2c(c1)c(=O)oc1cc(O)ccc12. The number of fused-ring (bicyclic) bond motifs is 3. The molecule has 0 aliphatic carbocycles. The minimum atomic E-state index is -0.495. The van der Waals surface area contributed by atoms with Gasteiger partial charge in [0.05, 0.1) is 11.9 Å². The topological polar surface area (TPSA) is 82.8 Å². The molecule has 3 aromatic rings. The Labute approximate surface area is 150 Å². The Hall–Kier alpha value is -2.86. The number of benzene rings is 2. The monoisotopic (exact) mass is 352 g/mol. The molecule has 134 valence electrons. The quantitative estimate of drug-likeness (QED) is 0.559. The van der Waals surface area contributed by atoms with Gasteiger partial charge in [-0.3, -0.25) is 9.69 Å². The van der Waals surface area contributed by atoms with Crippen LogP contribution in [0.1, 0.15) is 19.3 Å². The van der Waals surface area contributed by atoms with Gasteiger partial charge in [-0.15, -0.1) is 0 Å². The predicted molar refractivity (Wildman–Crippen MR) is 101 cm³/mol. The molecule has 1 saturated heterocycles. The number of hydrogen-bond donors (Lipinski definition) is 2. The van der Waals surface area contributed by atoms with Crippen molar-refractivity contribution in [1.29, 1.82) is 0 Å². The molecule has 0 atom stereocenters. The van der Waals surface area contributed by atoms with E-state index in [1.165, 1.54) is 12.5 Å². The molecular formula is C20H20N2O4. The van der Waals surface area contributed by atoms with E-state index >= 15 is 0 Å². The van der Waals surface area contributed by atoms with Gasteiger partial charge in [0.25, 0.3) is 0 Å². The summed E-state index contributed by atoms with van der Waals surface area (Å²) >= 11 is 0. The van der Waals surface area contributed by atoms with Crippen molar-refractivity contribution in [2.75, 3.05) is 25.0 Å². The van der Waals surface area contributed by atoms with E-state index in [1.807, 2.05) is 0 Å². The highest BCUT2D eigenvalue weighted by molar-refractivity contribution is 6.06. The predicted octanol–water partition coefficient (Wildman–Crippen LogP) is 3.08. The van der Waals surface area contributed by atoms with Crippen molar-refractivity contribution in [2.24, 2.45) is 0 Å². The van der Waals surface area contributed by atoms with Gasteiger partial charge < -0.3 is 14.8 Å². The van der Waals surface area contributed by atoms with Crippen molar-refractivity contribution in [3.05, 3.63) is 46.8 Å². The Balaban J connectivity index is 1.62. The lowest BCUT2D eigenvalue weighted by Gasteiger charge is -2.25. The third-order valence-electron chi connectivity index (χ3n) is 4.80. The fraction of sp³-hybridized carbons (Fsp3) is 0.300. The number of carbonyl (C=O) groups is 1. The minimum Gasteiger partial charge on any atom is -0.508 e. The number of phenolic OH excluding ortho intramolecular Hbond substituents is 1. The molecule has 1 fully saturated rings. The summed E-state index contributed by atoms with van der Waals surface area (Å²) < 4.78 is 5.30. The molecule has 4 rings (SSSR count). The summed E-state index contributed by atoms with van der Waals surface area (Å²) in [6.45, 7) is 2.27. The Bertz CT molecular complexity index is 1040. The summed E-state index contributed by atoms with van der Waals surface area (Å²) in [4.78, 5) is 26.7. The molecule has 1 aromatic heterocycles.